The van der Waals surface area contributed by atoms with E-state index in [0.29, 0.717) is 10.8 Å². The lowest BCUT2D eigenvalue weighted by Crippen LogP contribution is -2.50. The predicted octanol–water partition coefficient (Wildman–Crippen LogP) is 5.02. The monoisotopic (exact) mass is 537 g/mol. The number of aryl methyl sites for hydroxylation is 1. The molecule has 0 saturated carbocycles. The Morgan fingerprint density at radius 3 is 2.43 bits per heavy atom. The minimum absolute atomic E-state index is 0.0427. The maximum atomic E-state index is 14.5. The van der Waals surface area contributed by atoms with E-state index in [1.165, 1.54) is 29.5 Å². The second-order valence-corrected chi connectivity index (χ2v) is 11.7. The first-order valence-corrected chi connectivity index (χ1v) is 13.8. The molecule has 1 aliphatic heterocycles. The van der Waals surface area contributed by atoms with Crippen LogP contribution >= 0.6 is 11.3 Å². The van der Waals surface area contributed by atoms with Crippen LogP contribution in [-0.4, -0.2) is 36.8 Å². The van der Waals surface area contributed by atoms with Gasteiger partial charge in [-0.3, -0.25) is 4.79 Å². The van der Waals surface area contributed by atoms with Gasteiger partial charge >= 0.3 is 0 Å². The highest BCUT2D eigenvalue weighted by Crippen LogP contribution is 2.34. The minimum atomic E-state index is -4.31. The normalized spacial score (nSPS) is 15.7. The molecule has 0 saturated heterocycles. The lowest BCUT2D eigenvalue weighted by molar-refractivity contribution is -0.120. The Labute approximate surface area is 218 Å². The van der Waals surface area contributed by atoms with Crippen molar-refractivity contribution in [2.45, 2.75) is 30.8 Å². The summed E-state index contributed by atoms with van der Waals surface area (Å²) in [6, 6.07) is 18.9. The molecule has 1 N–H and O–H groups in total. The molecule has 0 fully saturated rings. The Kier molecular flexibility index (Phi) is 6.80. The van der Waals surface area contributed by atoms with E-state index < -0.39 is 32.7 Å². The molecule has 4 aromatic rings. The molecule has 0 aliphatic carbocycles. The van der Waals surface area contributed by atoms with Gasteiger partial charge in [0.15, 0.2) is 5.13 Å². The number of sulfonamides is 1. The molecule has 0 bridgehead atoms. The van der Waals surface area contributed by atoms with Crippen molar-refractivity contribution in [2.24, 2.45) is 0 Å². The van der Waals surface area contributed by atoms with Crippen molar-refractivity contribution in [1.29, 1.82) is 0 Å². The van der Waals surface area contributed by atoms with Crippen LogP contribution in [0.5, 0.6) is 5.75 Å². The number of nitrogens with one attached hydrogen (secondary N) is 1. The number of anilines is 1. The van der Waals surface area contributed by atoms with E-state index in [4.69, 9.17) is 4.74 Å². The fourth-order valence-corrected chi connectivity index (χ4v) is 6.88. The summed E-state index contributed by atoms with van der Waals surface area (Å²) in [6.45, 7) is 1.86. The average molecular weight is 538 g/mol. The van der Waals surface area contributed by atoms with Crippen LogP contribution in [0.3, 0.4) is 0 Å². The lowest BCUT2D eigenvalue weighted by atomic mass is 9.95. The van der Waals surface area contributed by atoms with Crippen LogP contribution in [-0.2, 0) is 27.8 Å². The number of hydrogen-bond donors (Lipinski definition) is 1. The molecule has 1 aromatic heterocycles. The smallest absolute Gasteiger partial charge is 0.247 e. The van der Waals surface area contributed by atoms with E-state index in [9.17, 15) is 17.6 Å². The SMILES string of the molecule is COc1ccc(-c2nc(NC(=O)[C@@H]3Cc4ccccc4CN3S(=O)(=O)c3ccccc3F)sc2C)cc1. The summed E-state index contributed by atoms with van der Waals surface area (Å²) in [4.78, 5) is 18.6. The largest absolute Gasteiger partial charge is 0.497 e. The third kappa shape index (κ3) is 4.87. The first-order valence-electron chi connectivity index (χ1n) is 11.5. The highest BCUT2D eigenvalue weighted by Gasteiger charge is 2.40. The topological polar surface area (TPSA) is 88.6 Å². The van der Waals surface area contributed by atoms with Crippen LogP contribution in [0.2, 0.25) is 0 Å². The summed E-state index contributed by atoms with van der Waals surface area (Å²) in [5.41, 5.74) is 3.23. The van der Waals surface area contributed by atoms with E-state index >= 15 is 0 Å². The molecule has 1 aliphatic rings. The van der Waals surface area contributed by atoms with Gasteiger partial charge in [-0.2, -0.15) is 4.31 Å². The summed E-state index contributed by atoms with van der Waals surface area (Å²) < 4.78 is 48.0. The molecule has 2 heterocycles. The number of rotatable bonds is 6. The number of ether oxygens (including phenoxy) is 1. The van der Waals surface area contributed by atoms with Gasteiger partial charge in [-0.1, -0.05) is 36.4 Å². The third-order valence-electron chi connectivity index (χ3n) is 6.32. The summed E-state index contributed by atoms with van der Waals surface area (Å²) in [6.07, 6.45) is 0.158. The summed E-state index contributed by atoms with van der Waals surface area (Å²) in [5, 5.41) is 3.16. The number of methoxy groups -OCH3 is 1. The number of benzene rings is 3. The number of aromatic nitrogens is 1. The summed E-state index contributed by atoms with van der Waals surface area (Å²) >= 11 is 1.30. The van der Waals surface area contributed by atoms with Crippen molar-refractivity contribution < 1.29 is 22.3 Å². The van der Waals surface area contributed by atoms with Crippen molar-refractivity contribution in [1.82, 2.24) is 9.29 Å². The molecule has 1 amide bonds. The number of fused-ring (bicyclic) bond motifs is 1. The Bertz CT molecular complexity index is 1570. The lowest BCUT2D eigenvalue weighted by Gasteiger charge is -2.34. The van der Waals surface area contributed by atoms with Gasteiger partial charge in [0.1, 0.15) is 22.5 Å². The predicted molar refractivity (Wildman–Crippen MR) is 141 cm³/mol. The zero-order chi connectivity index (χ0) is 26.2. The summed E-state index contributed by atoms with van der Waals surface area (Å²) in [5.74, 6) is -0.663. The van der Waals surface area contributed by atoms with Gasteiger partial charge in [0, 0.05) is 17.0 Å². The second-order valence-electron chi connectivity index (χ2n) is 8.61. The van der Waals surface area contributed by atoms with E-state index in [0.717, 1.165) is 37.7 Å². The number of amides is 1. The second kappa shape index (κ2) is 10.0. The molecule has 10 heteroatoms. The zero-order valence-electron chi connectivity index (χ0n) is 20.1. The third-order valence-corrected chi connectivity index (χ3v) is 9.10. The minimum Gasteiger partial charge on any atom is -0.497 e. The van der Waals surface area contributed by atoms with Crippen LogP contribution < -0.4 is 10.1 Å². The Hall–Kier alpha value is -3.60. The van der Waals surface area contributed by atoms with Gasteiger partial charge in [-0.05, 0) is 60.9 Å². The van der Waals surface area contributed by atoms with Crippen LogP contribution in [0.4, 0.5) is 9.52 Å². The summed E-state index contributed by atoms with van der Waals surface area (Å²) in [7, 11) is -2.71. The number of hydrogen-bond acceptors (Lipinski definition) is 6. The maximum Gasteiger partial charge on any atom is 0.247 e. The highest BCUT2D eigenvalue weighted by molar-refractivity contribution is 7.89. The van der Waals surface area contributed by atoms with Gasteiger partial charge in [-0.25, -0.2) is 17.8 Å². The molecule has 37 heavy (non-hydrogen) atoms. The van der Waals surface area contributed by atoms with E-state index in [1.807, 2.05) is 55.5 Å². The van der Waals surface area contributed by atoms with Crippen LogP contribution in [0.25, 0.3) is 11.3 Å². The molecule has 0 radical (unpaired) electrons. The van der Waals surface area contributed by atoms with Crippen molar-refractivity contribution in [2.75, 3.05) is 12.4 Å². The number of carbonyl (C=O) groups excluding carboxylic acids is 1. The van der Waals surface area contributed by atoms with Gasteiger partial charge < -0.3 is 10.1 Å². The number of thiazole rings is 1. The molecular weight excluding hydrogens is 513 g/mol. The molecule has 5 rings (SSSR count). The number of nitrogens with zero attached hydrogens (tertiary/aromatic N) is 2. The number of halogens is 1. The van der Waals surface area contributed by atoms with Crippen LogP contribution in [0.1, 0.15) is 16.0 Å². The average Bonchev–Trinajstić information content (AvgIpc) is 3.27. The van der Waals surface area contributed by atoms with Crippen LogP contribution in [0.15, 0.2) is 77.7 Å². The quantitative estimate of drug-likeness (QED) is 0.373. The van der Waals surface area contributed by atoms with Crippen molar-refractivity contribution in [3.05, 3.63) is 94.6 Å². The zero-order valence-corrected chi connectivity index (χ0v) is 21.8. The van der Waals surface area contributed by atoms with Gasteiger partial charge in [0.05, 0.1) is 12.8 Å². The van der Waals surface area contributed by atoms with Gasteiger partial charge in [-0.15, -0.1) is 11.3 Å². The number of carbonyl (C=O) groups is 1. The van der Waals surface area contributed by atoms with E-state index in [2.05, 4.69) is 10.3 Å². The van der Waals surface area contributed by atoms with Crippen molar-refractivity contribution in [3.63, 3.8) is 0 Å². The van der Waals surface area contributed by atoms with Gasteiger partial charge in [0.25, 0.3) is 0 Å². The molecule has 7 nitrogen and oxygen atoms in total. The molecule has 1 atom stereocenters. The standard InChI is InChI=1S/C27H24FN3O4S2/c1-17-25(18-11-13-21(35-2)14-12-18)29-27(36-17)30-26(32)23-15-19-7-3-4-8-20(19)16-31(23)37(33,34)24-10-6-5-9-22(24)28/h3-14,23H,15-16H2,1-2H3,(H,29,30,32)/t23-/m0/s1. The van der Waals surface area contributed by atoms with Crippen molar-refractivity contribution >= 4 is 32.4 Å². The maximum absolute atomic E-state index is 14.5. The molecular formula is C27H24FN3O4S2. The first kappa shape index (κ1) is 25.1. The molecule has 3 aromatic carbocycles. The highest BCUT2D eigenvalue weighted by atomic mass is 32.2. The first-order chi connectivity index (χ1) is 17.8. The Morgan fingerprint density at radius 2 is 1.73 bits per heavy atom. The van der Waals surface area contributed by atoms with Crippen molar-refractivity contribution in [3.8, 4) is 17.0 Å². The molecule has 190 valence electrons. The van der Waals surface area contributed by atoms with E-state index in [1.54, 1.807) is 7.11 Å². The fourth-order valence-electron chi connectivity index (χ4n) is 4.41. The van der Waals surface area contributed by atoms with E-state index in [-0.39, 0.29) is 13.0 Å². The van der Waals surface area contributed by atoms with Gasteiger partial charge in [0.2, 0.25) is 15.9 Å². The molecule has 0 unspecified atom stereocenters. The Morgan fingerprint density at radius 1 is 1.05 bits per heavy atom. The van der Waals surface area contributed by atoms with Crippen LogP contribution in [0, 0.1) is 12.7 Å². The Balaban J connectivity index is 1.46. The molecule has 0 spiro atoms. The fraction of sp³-hybridized carbons (Fsp3) is 0.185.